The van der Waals surface area contributed by atoms with Crippen LogP contribution in [0.25, 0.3) is 11.3 Å². The number of benzene rings is 1. The Bertz CT molecular complexity index is 549. The quantitative estimate of drug-likeness (QED) is 0.823. The van der Waals surface area contributed by atoms with Crippen molar-refractivity contribution in [1.29, 1.82) is 0 Å². The van der Waals surface area contributed by atoms with Gasteiger partial charge in [-0.1, -0.05) is 23.7 Å². The van der Waals surface area contributed by atoms with E-state index in [9.17, 15) is 4.79 Å². The Morgan fingerprint density at radius 2 is 2.06 bits per heavy atom. The topological polar surface area (TPSA) is 46.3 Å². The first-order valence-corrected chi connectivity index (χ1v) is 5.39. The number of hydrogen-bond acceptors (Lipinski definition) is 3. The highest BCUT2D eigenvalue weighted by Crippen LogP contribution is 2.30. The molecule has 0 bridgehead atoms. The molecule has 0 radical (unpaired) electrons. The van der Waals surface area contributed by atoms with Gasteiger partial charge in [0.1, 0.15) is 0 Å². The summed E-state index contributed by atoms with van der Waals surface area (Å²) in [6, 6.07) is 7.17. The number of oxazole rings is 1. The second kappa shape index (κ2) is 4.59. The van der Waals surface area contributed by atoms with Crippen LogP contribution in [-0.2, 0) is 0 Å². The number of hydrogen-bond donors (Lipinski definition) is 0. The van der Waals surface area contributed by atoms with Gasteiger partial charge < -0.3 is 9.32 Å². The van der Waals surface area contributed by atoms with Crippen molar-refractivity contribution in [2.24, 2.45) is 0 Å². The first kappa shape index (κ1) is 11.7. The zero-order chi connectivity index (χ0) is 12.4. The van der Waals surface area contributed by atoms with Gasteiger partial charge in [-0.2, -0.15) is 0 Å². The SMILES string of the molecule is CN(C)C(=O)c1ncoc1-c1ccccc1Cl. The fraction of sp³-hybridized carbons (Fsp3) is 0.167. The fourth-order valence-corrected chi connectivity index (χ4v) is 1.67. The first-order chi connectivity index (χ1) is 8.11. The predicted octanol–water partition coefficient (Wildman–Crippen LogP) is 2.70. The van der Waals surface area contributed by atoms with Crippen LogP contribution in [-0.4, -0.2) is 29.9 Å². The maximum atomic E-state index is 11.9. The summed E-state index contributed by atoms with van der Waals surface area (Å²) in [6.45, 7) is 0. The number of aromatic nitrogens is 1. The van der Waals surface area contributed by atoms with E-state index in [1.165, 1.54) is 11.3 Å². The normalized spacial score (nSPS) is 10.3. The highest BCUT2D eigenvalue weighted by atomic mass is 35.5. The molecule has 0 atom stereocenters. The molecule has 0 saturated carbocycles. The van der Waals surface area contributed by atoms with Crippen molar-refractivity contribution in [1.82, 2.24) is 9.88 Å². The second-order valence-corrected chi connectivity index (χ2v) is 4.12. The molecule has 17 heavy (non-hydrogen) atoms. The number of halogens is 1. The van der Waals surface area contributed by atoms with E-state index in [-0.39, 0.29) is 11.6 Å². The Kier molecular flexibility index (Phi) is 3.15. The molecule has 1 amide bonds. The molecule has 1 aromatic heterocycles. The van der Waals surface area contributed by atoms with Gasteiger partial charge in [-0.3, -0.25) is 4.79 Å². The van der Waals surface area contributed by atoms with Crippen molar-refractivity contribution in [3.05, 3.63) is 41.4 Å². The van der Waals surface area contributed by atoms with Crippen molar-refractivity contribution in [2.75, 3.05) is 14.1 Å². The molecule has 0 aliphatic carbocycles. The Labute approximate surface area is 104 Å². The van der Waals surface area contributed by atoms with Gasteiger partial charge in [-0.15, -0.1) is 0 Å². The molecule has 1 heterocycles. The lowest BCUT2D eigenvalue weighted by Crippen LogP contribution is -2.22. The summed E-state index contributed by atoms with van der Waals surface area (Å²) in [4.78, 5) is 17.3. The third kappa shape index (κ3) is 2.17. The zero-order valence-electron chi connectivity index (χ0n) is 9.48. The van der Waals surface area contributed by atoms with Gasteiger partial charge in [0.15, 0.2) is 17.8 Å². The summed E-state index contributed by atoms with van der Waals surface area (Å²) in [5.41, 5.74) is 0.931. The van der Waals surface area contributed by atoms with Crippen molar-refractivity contribution in [2.45, 2.75) is 0 Å². The number of amides is 1. The first-order valence-electron chi connectivity index (χ1n) is 5.01. The lowest BCUT2D eigenvalue weighted by molar-refractivity contribution is 0.0823. The summed E-state index contributed by atoms with van der Waals surface area (Å²) in [5.74, 6) is 0.183. The summed E-state index contributed by atoms with van der Waals surface area (Å²) in [6.07, 6.45) is 1.25. The van der Waals surface area contributed by atoms with Crippen molar-refractivity contribution < 1.29 is 9.21 Å². The summed E-state index contributed by atoms with van der Waals surface area (Å²) in [5, 5.41) is 0.525. The van der Waals surface area contributed by atoms with E-state index in [4.69, 9.17) is 16.0 Å². The summed E-state index contributed by atoms with van der Waals surface area (Å²) in [7, 11) is 3.32. The average Bonchev–Trinajstić information content (AvgIpc) is 2.77. The monoisotopic (exact) mass is 250 g/mol. The average molecular weight is 251 g/mol. The van der Waals surface area contributed by atoms with Crippen LogP contribution >= 0.6 is 11.6 Å². The number of rotatable bonds is 2. The Hall–Kier alpha value is -1.81. The Balaban J connectivity index is 2.52. The minimum absolute atomic E-state index is 0.214. The van der Waals surface area contributed by atoms with Crippen molar-refractivity contribution in [3.8, 4) is 11.3 Å². The number of carbonyl (C=O) groups excluding carboxylic acids is 1. The highest BCUT2D eigenvalue weighted by molar-refractivity contribution is 6.33. The maximum absolute atomic E-state index is 11.9. The molecule has 1 aromatic carbocycles. The van der Waals surface area contributed by atoms with Crippen LogP contribution in [0, 0.1) is 0 Å². The molecule has 5 heteroatoms. The van der Waals surface area contributed by atoms with Crippen LogP contribution in [0.1, 0.15) is 10.5 Å². The smallest absolute Gasteiger partial charge is 0.275 e. The standard InChI is InChI=1S/C12H11ClN2O2/c1-15(2)12(16)10-11(17-7-14-10)8-5-3-4-6-9(8)13/h3-7H,1-2H3. The van der Waals surface area contributed by atoms with Gasteiger partial charge in [0, 0.05) is 19.7 Å². The molecule has 2 rings (SSSR count). The molecule has 4 nitrogen and oxygen atoms in total. The molecule has 0 N–H and O–H groups in total. The summed E-state index contributed by atoms with van der Waals surface area (Å²) >= 11 is 6.06. The Morgan fingerprint density at radius 3 is 2.71 bits per heavy atom. The zero-order valence-corrected chi connectivity index (χ0v) is 10.2. The van der Waals surface area contributed by atoms with E-state index in [1.54, 1.807) is 26.2 Å². The third-order valence-electron chi connectivity index (χ3n) is 2.29. The van der Waals surface area contributed by atoms with Crippen LogP contribution in [0.5, 0.6) is 0 Å². The van der Waals surface area contributed by atoms with E-state index >= 15 is 0 Å². The minimum atomic E-state index is -0.214. The molecule has 0 aliphatic rings. The van der Waals surface area contributed by atoms with Gasteiger partial charge >= 0.3 is 0 Å². The fourth-order valence-electron chi connectivity index (χ4n) is 1.45. The molecular weight excluding hydrogens is 240 g/mol. The lowest BCUT2D eigenvalue weighted by atomic mass is 10.1. The molecule has 0 saturated heterocycles. The minimum Gasteiger partial charge on any atom is -0.443 e. The summed E-state index contributed by atoms with van der Waals surface area (Å²) < 4.78 is 5.26. The van der Waals surface area contributed by atoms with Crippen LogP contribution < -0.4 is 0 Å². The Morgan fingerprint density at radius 1 is 1.35 bits per heavy atom. The van der Waals surface area contributed by atoms with Crippen LogP contribution in [0.15, 0.2) is 35.1 Å². The van der Waals surface area contributed by atoms with E-state index in [1.807, 2.05) is 12.1 Å². The van der Waals surface area contributed by atoms with Gasteiger partial charge in [-0.05, 0) is 12.1 Å². The largest absolute Gasteiger partial charge is 0.443 e. The van der Waals surface area contributed by atoms with Gasteiger partial charge in [0.2, 0.25) is 0 Å². The molecule has 0 aliphatic heterocycles. The lowest BCUT2D eigenvalue weighted by Gasteiger charge is -2.09. The van der Waals surface area contributed by atoms with Gasteiger partial charge in [-0.25, -0.2) is 4.98 Å². The van der Waals surface area contributed by atoms with E-state index in [0.717, 1.165) is 0 Å². The van der Waals surface area contributed by atoms with Crippen molar-refractivity contribution >= 4 is 17.5 Å². The maximum Gasteiger partial charge on any atom is 0.275 e. The van der Waals surface area contributed by atoms with E-state index < -0.39 is 0 Å². The molecule has 2 aromatic rings. The van der Waals surface area contributed by atoms with Crippen molar-refractivity contribution in [3.63, 3.8) is 0 Å². The highest BCUT2D eigenvalue weighted by Gasteiger charge is 2.20. The van der Waals surface area contributed by atoms with Crippen LogP contribution in [0.2, 0.25) is 5.02 Å². The van der Waals surface area contributed by atoms with E-state index in [0.29, 0.717) is 16.3 Å². The molecular formula is C12H11ClN2O2. The predicted molar refractivity (Wildman–Crippen MR) is 65.0 cm³/mol. The molecule has 0 spiro atoms. The molecule has 0 fully saturated rings. The molecule has 0 unspecified atom stereocenters. The van der Waals surface area contributed by atoms with Crippen LogP contribution in [0.3, 0.4) is 0 Å². The van der Waals surface area contributed by atoms with Gasteiger partial charge in [0.05, 0.1) is 5.02 Å². The second-order valence-electron chi connectivity index (χ2n) is 3.71. The third-order valence-corrected chi connectivity index (χ3v) is 2.62. The molecule has 88 valence electrons. The van der Waals surface area contributed by atoms with Crippen LogP contribution in [0.4, 0.5) is 0 Å². The number of nitrogens with zero attached hydrogens (tertiary/aromatic N) is 2. The van der Waals surface area contributed by atoms with E-state index in [2.05, 4.69) is 4.98 Å². The van der Waals surface area contributed by atoms with Gasteiger partial charge in [0.25, 0.3) is 5.91 Å². The number of carbonyl (C=O) groups is 1.